The zero-order valence-electron chi connectivity index (χ0n) is 13.3. The van der Waals surface area contributed by atoms with Crippen LogP contribution in [0.15, 0.2) is 36.5 Å². The molecule has 0 aliphatic carbocycles. The predicted octanol–water partition coefficient (Wildman–Crippen LogP) is 2.47. The summed E-state index contributed by atoms with van der Waals surface area (Å²) >= 11 is 0. The van der Waals surface area contributed by atoms with Crippen molar-refractivity contribution >= 4 is 18.3 Å². The van der Waals surface area contributed by atoms with Gasteiger partial charge in [-0.3, -0.25) is 9.48 Å². The van der Waals surface area contributed by atoms with Gasteiger partial charge in [0.15, 0.2) is 0 Å². The van der Waals surface area contributed by atoms with E-state index in [1.807, 2.05) is 42.1 Å². The summed E-state index contributed by atoms with van der Waals surface area (Å²) in [5, 5.41) is 10.7. The lowest BCUT2D eigenvalue weighted by Crippen LogP contribution is -2.32. The van der Waals surface area contributed by atoms with Crippen LogP contribution in [-0.2, 0) is 6.54 Å². The van der Waals surface area contributed by atoms with E-state index >= 15 is 0 Å². The monoisotopic (exact) mass is 334 g/mol. The van der Waals surface area contributed by atoms with Crippen LogP contribution >= 0.6 is 12.4 Å². The molecule has 1 saturated heterocycles. The van der Waals surface area contributed by atoms with Gasteiger partial charge in [0, 0.05) is 19.3 Å². The van der Waals surface area contributed by atoms with Crippen molar-refractivity contribution in [3.63, 3.8) is 0 Å². The number of hydrogen-bond acceptors (Lipinski definition) is 3. The number of rotatable bonds is 4. The average molecular weight is 335 g/mol. The molecule has 0 saturated carbocycles. The van der Waals surface area contributed by atoms with Crippen LogP contribution in [0.1, 0.15) is 40.5 Å². The molecule has 3 rings (SSSR count). The number of aryl methyl sites for hydroxylation is 1. The molecule has 2 heterocycles. The highest BCUT2D eigenvalue weighted by Crippen LogP contribution is 2.15. The lowest BCUT2D eigenvalue weighted by molar-refractivity contribution is 0.0944. The molecule has 124 valence electrons. The second kappa shape index (κ2) is 8.13. The number of aromatic nitrogens is 2. The highest BCUT2D eigenvalue weighted by atomic mass is 35.5. The Morgan fingerprint density at radius 2 is 2.22 bits per heavy atom. The Morgan fingerprint density at radius 3 is 2.96 bits per heavy atom. The molecular formula is C17H23ClN4O. The minimum atomic E-state index is -0.120. The number of halogens is 1. The summed E-state index contributed by atoms with van der Waals surface area (Å²) in [5.41, 5.74) is 2.80. The van der Waals surface area contributed by atoms with E-state index < -0.39 is 0 Å². The Bertz CT molecular complexity index is 650. The fraction of sp³-hybridized carbons (Fsp3) is 0.412. The Labute approximate surface area is 142 Å². The normalized spacial score (nSPS) is 17.3. The third-order valence-electron chi connectivity index (χ3n) is 4.19. The molecule has 1 aromatic heterocycles. The van der Waals surface area contributed by atoms with Gasteiger partial charge in [0.05, 0.1) is 6.04 Å². The largest absolute Gasteiger partial charge is 0.347 e. The van der Waals surface area contributed by atoms with Crippen LogP contribution in [-0.4, -0.2) is 28.8 Å². The van der Waals surface area contributed by atoms with E-state index in [1.54, 1.807) is 6.07 Å². The predicted molar refractivity (Wildman–Crippen MR) is 93.0 cm³/mol. The van der Waals surface area contributed by atoms with Gasteiger partial charge in [-0.1, -0.05) is 24.3 Å². The molecule has 6 heteroatoms. The second-order valence-electron chi connectivity index (χ2n) is 5.79. The highest BCUT2D eigenvalue weighted by Gasteiger charge is 2.17. The van der Waals surface area contributed by atoms with Crippen molar-refractivity contribution in [2.75, 3.05) is 13.1 Å². The number of nitrogens with zero attached hydrogens (tertiary/aromatic N) is 2. The smallest absolute Gasteiger partial charge is 0.272 e. The summed E-state index contributed by atoms with van der Waals surface area (Å²) in [6, 6.07) is 10.2. The number of amides is 1. The maximum absolute atomic E-state index is 12.2. The molecule has 1 unspecified atom stereocenters. The Kier molecular flexibility index (Phi) is 6.19. The Hall–Kier alpha value is -1.85. The topological polar surface area (TPSA) is 59.0 Å². The van der Waals surface area contributed by atoms with Crippen molar-refractivity contribution in [3.8, 4) is 0 Å². The lowest BCUT2D eigenvalue weighted by Gasteiger charge is -2.22. The third kappa shape index (κ3) is 4.33. The van der Waals surface area contributed by atoms with Crippen LogP contribution in [0.2, 0.25) is 0 Å². The van der Waals surface area contributed by atoms with Crippen molar-refractivity contribution in [1.82, 2.24) is 20.4 Å². The Balaban J connectivity index is 0.00000192. The minimum Gasteiger partial charge on any atom is -0.347 e. The molecule has 23 heavy (non-hydrogen) atoms. The van der Waals surface area contributed by atoms with Crippen LogP contribution < -0.4 is 10.6 Å². The first-order valence-electron chi connectivity index (χ1n) is 7.82. The van der Waals surface area contributed by atoms with Gasteiger partial charge in [-0.2, -0.15) is 5.10 Å². The standard InChI is InChI=1S/C17H22N4O.ClH/c1-13-5-2-3-6-14(13)11-19-17(22)16-8-10-21(20-16)15-7-4-9-18-12-15;/h2-3,5-6,8,10,15,18H,4,7,9,11-12H2,1H3,(H,19,22);1H. The Morgan fingerprint density at radius 1 is 1.39 bits per heavy atom. The maximum Gasteiger partial charge on any atom is 0.272 e. The van der Waals surface area contributed by atoms with E-state index in [-0.39, 0.29) is 18.3 Å². The molecule has 1 aromatic carbocycles. The van der Waals surface area contributed by atoms with Crippen LogP contribution in [0, 0.1) is 6.92 Å². The first kappa shape index (κ1) is 17.5. The third-order valence-corrected chi connectivity index (χ3v) is 4.19. The molecule has 2 aromatic rings. The molecule has 0 spiro atoms. The minimum absolute atomic E-state index is 0. The summed E-state index contributed by atoms with van der Waals surface area (Å²) in [6.45, 7) is 4.57. The summed E-state index contributed by atoms with van der Waals surface area (Å²) in [4.78, 5) is 12.2. The molecule has 2 N–H and O–H groups in total. The number of hydrogen-bond donors (Lipinski definition) is 2. The van der Waals surface area contributed by atoms with Crippen LogP contribution in [0.4, 0.5) is 0 Å². The first-order valence-corrected chi connectivity index (χ1v) is 7.82. The van der Waals surface area contributed by atoms with E-state index in [0.717, 1.165) is 31.5 Å². The molecule has 1 aliphatic rings. The second-order valence-corrected chi connectivity index (χ2v) is 5.79. The SMILES string of the molecule is Cc1ccccc1CNC(=O)c1ccn(C2CCCNC2)n1.Cl. The van der Waals surface area contributed by atoms with E-state index in [4.69, 9.17) is 0 Å². The van der Waals surface area contributed by atoms with Crippen LogP contribution in [0.25, 0.3) is 0 Å². The van der Waals surface area contributed by atoms with Crippen molar-refractivity contribution in [2.45, 2.75) is 32.4 Å². The van der Waals surface area contributed by atoms with Crippen molar-refractivity contribution in [3.05, 3.63) is 53.3 Å². The van der Waals surface area contributed by atoms with Gasteiger partial charge in [0.1, 0.15) is 5.69 Å². The first-order chi connectivity index (χ1) is 10.7. The number of nitrogens with one attached hydrogen (secondary N) is 2. The van der Waals surface area contributed by atoms with Gasteiger partial charge in [0.2, 0.25) is 0 Å². The number of carbonyl (C=O) groups is 1. The van der Waals surface area contributed by atoms with Crippen molar-refractivity contribution < 1.29 is 4.79 Å². The zero-order valence-corrected chi connectivity index (χ0v) is 14.1. The van der Waals surface area contributed by atoms with Crippen molar-refractivity contribution in [1.29, 1.82) is 0 Å². The highest BCUT2D eigenvalue weighted by molar-refractivity contribution is 5.92. The van der Waals surface area contributed by atoms with Gasteiger partial charge in [-0.25, -0.2) is 0 Å². The average Bonchev–Trinajstić information content (AvgIpc) is 3.05. The summed E-state index contributed by atoms with van der Waals surface area (Å²) < 4.78 is 1.91. The molecular weight excluding hydrogens is 312 g/mol. The van der Waals surface area contributed by atoms with Crippen molar-refractivity contribution in [2.24, 2.45) is 0 Å². The number of piperidine rings is 1. The fourth-order valence-electron chi connectivity index (χ4n) is 2.80. The summed E-state index contributed by atoms with van der Waals surface area (Å²) in [5.74, 6) is -0.120. The molecule has 0 radical (unpaired) electrons. The molecule has 5 nitrogen and oxygen atoms in total. The molecule has 1 fully saturated rings. The molecule has 1 amide bonds. The molecule has 1 atom stereocenters. The van der Waals surface area contributed by atoms with E-state index in [2.05, 4.69) is 15.7 Å². The summed E-state index contributed by atoms with van der Waals surface area (Å²) in [6.07, 6.45) is 4.17. The quantitative estimate of drug-likeness (QED) is 0.903. The molecule has 0 bridgehead atoms. The van der Waals surface area contributed by atoms with Gasteiger partial charge >= 0.3 is 0 Å². The van der Waals surface area contributed by atoms with E-state index in [9.17, 15) is 4.79 Å². The van der Waals surface area contributed by atoms with Gasteiger partial charge < -0.3 is 10.6 Å². The molecule has 1 aliphatic heterocycles. The van der Waals surface area contributed by atoms with E-state index in [0.29, 0.717) is 18.3 Å². The van der Waals surface area contributed by atoms with Gasteiger partial charge in [0.25, 0.3) is 5.91 Å². The van der Waals surface area contributed by atoms with Crippen LogP contribution in [0.5, 0.6) is 0 Å². The number of carbonyl (C=O) groups excluding carboxylic acids is 1. The van der Waals surface area contributed by atoms with E-state index in [1.165, 1.54) is 5.56 Å². The summed E-state index contributed by atoms with van der Waals surface area (Å²) in [7, 11) is 0. The van der Waals surface area contributed by atoms with Crippen LogP contribution in [0.3, 0.4) is 0 Å². The zero-order chi connectivity index (χ0) is 15.4. The maximum atomic E-state index is 12.2. The van der Waals surface area contributed by atoms with Gasteiger partial charge in [-0.05, 0) is 43.5 Å². The fourth-order valence-corrected chi connectivity index (χ4v) is 2.80. The lowest BCUT2D eigenvalue weighted by atomic mass is 10.1. The number of benzene rings is 1. The van der Waals surface area contributed by atoms with Gasteiger partial charge in [-0.15, -0.1) is 12.4 Å².